The number of rotatable bonds is 4. The second kappa shape index (κ2) is 5.34. The molecule has 0 fully saturated rings. The Morgan fingerprint density at radius 1 is 1.57 bits per heavy atom. The lowest BCUT2D eigenvalue weighted by Crippen LogP contribution is -1.98. The molecule has 0 saturated carbocycles. The monoisotopic (exact) mass is 304 g/mol. The number of aldehydes is 1. The molecule has 1 aromatic carbocycles. The molecule has 0 heterocycles. The maximum atomic E-state index is 10.6. The molecule has 0 spiro atoms. The molecule has 0 saturated heterocycles. The van der Waals surface area contributed by atoms with Crippen molar-refractivity contribution in [2.24, 2.45) is 0 Å². The van der Waals surface area contributed by atoms with Gasteiger partial charge in [0.15, 0.2) is 0 Å². The fourth-order valence-corrected chi connectivity index (χ4v) is 1.85. The van der Waals surface area contributed by atoms with E-state index in [-0.39, 0.29) is 5.92 Å². The molecule has 2 nitrogen and oxygen atoms in total. The molecular formula is C11H13IO2. The molecule has 1 atom stereocenters. The maximum Gasteiger partial charge on any atom is 0.132 e. The Kier molecular flexibility index (Phi) is 4.38. The van der Waals surface area contributed by atoms with E-state index in [0.717, 1.165) is 21.2 Å². The standard InChI is InChI=1S/C11H13IO2/c1-3-14-11-5-4-9(6-10(11)12)8(2)7-13/h4-8H,3H2,1-2H3. The van der Waals surface area contributed by atoms with Gasteiger partial charge in [0.1, 0.15) is 12.0 Å². The number of ether oxygens (including phenoxy) is 1. The number of benzene rings is 1. The van der Waals surface area contributed by atoms with Crippen LogP contribution in [0.15, 0.2) is 18.2 Å². The second-order valence-corrected chi connectivity index (χ2v) is 4.21. The van der Waals surface area contributed by atoms with Crippen LogP contribution in [0.3, 0.4) is 0 Å². The van der Waals surface area contributed by atoms with E-state index < -0.39 is 0 Å². The summed E-state index contributed by atoms with van der Waals surface area (Å²) in [5.41, 5.74) is 1.04. The van der Waals surface area contributed by atoms with Crippen LogP contribution in [0.4, 0.5) is 0 Å². The van der Waals surface area contributed by atoms with Gasteiger partial charge in [-0.2, -0.15) is 0 Å². The molecule has 0 aliphatic heterocycles. The van der Waals surface area contributed by atoms with Gasteiger partial charge in [-0.25, -0.2) is 0 Å². The van der Waals surface area contributed by atoms with E-state index in [1.807, 2.05) is 32.0 Å². The summed E-state index contributed by atoms with van der Waals surface area (Å²) in [4.78, 5) is 10.6. The van der Waals surface area contributed by atoms with Crippen LogP contribution < -0.4 is 4.74 Å². The number of hydrogen-bond acceptors (Lipinski definition) is 2. The van der Waals surface area contributed by atoms with Crippen LogP contribution in [0.5, 0.6) is 5.75 Å². The molecule has 0 amide bonds. The third-order valence-corrected chi connectivity index (χ3v) is 2.83. The zero-order valence-electron chi connectivity index (χ0n) is 8.29. The van der Waals surface area contributed by atoms with Crippen LogP contribution in [0, 0.1) is 3.57 Å². The van der Waals surface area contributed by atoms with Gasteiger partial charge in [0, 0.05) is 5.92 Å². The van der Waals surface area contributed by atoms with E-state index in [1.165, 1.54) is 0 Å². The van der Waals surface area contributed by atoms with Gasteiger partial charge in [-0.3, -0.25) is 0 Å². The Balaban J connectivity index is 2.93. The van der Waals surface area contributed by atoms with Crippen LogP contribution in [0.25, 0.3) is 0 Å². The predicted octanol–water partition coefficient (Wildman–Crippen LogP) is 2.99. The van der Waals surface area contributed by atoms with Crippen LogP contribution >= 0.6 is 22.6 Å². The molecule has 76 valence electrons. The summed E-state index contributed by atoms with van der Waals surface area (Å²) in [6.45, 7) is 4.51. The normalized spacial score (nSPS) is 12.2. The molecule has 0 aliphatic rings. The molecule has 1 rings (SSSR count). The van der Waals surface area contributed by atoms with Gasteiger partial charge in [0.2, 0.25) is 0 Å². The molecule has 14 heavy (non-hydrogen) atoms. The summed E-state index contributed by atoms with van der Waals surface area (Å²) in [6, 6.07) is 5.84. The minimum Gasteiger partial charge on any atom is -0.493 e. The van der Waals surface area contributed by atoms with Gasteiger partial charge in [-0.1, -0.05) is 13.0 Å². The number of carbonyl (C=O) groups is 1. The van der Waals surface area contributed by atoms with Crippen LogP contribution in [0.2, 0.25) is 0 Å². The maximum absolute atomic E-state index is 10.6. The van der Waals surface area contributed by atoms with Crippen molar-refractivity contribution in [2.45, 2.75) is 19.8 Å². The molecule has 1 unspecified atom stereocenters. The Morgan fingerprint density at radius 2 is 2.29 bits per heavy atom. The van der Waals surface area contributed by atoms with E-state index in [0.29, 0.717) is 6.61 Å². The average Bonchev–Trinajstić information content (AvgIpc) is 2.20. The van der Waals surface area contributed by atoms with Gasteiger partial charge in [0.05, 0.1) is 10.2 Å². The van der Waals surface area contributed by atoms with Crippen molar-refractivity contribution in [2.75, 3.05) is 6.61 Å². The number of hydrogen-bond donors (Lipinski definition) is 0. The lowest BCUT2D eigenvalue weighted by Gasteiger charge is -2.09. The van der Waals surface area contributed by atoms with Crippen molar-refractivity contribution in [1.82, 2.24) is 0 Å². The van der Waals surface area contributed by atoms with Crippen LogP contribution in [0.1, 0.15) is 25.3 Å². The van der Waals surface area contributed by atoms with Crippen LogP contribution in [-0.2, 0) is 4.79 Å². The molecule has 0 aliphatic carbocycles. The van der Waals surface area contributed by atoms with E-state index in [2.05, 4.69) is 22.6 Å². The first kappa shape index (κ1) is 11.5. The predicted molar refractivity (Wildman–Crippen MR) is 64.8 cm³/mol. The summed E-state index contributed by atoms with van der Waals surface area (Å²) >= 11 is 2.22. The lowest BCUT2D eigenvalue weighted by atomic mass is 10.0. The minimum atomic E-state index is -0.0424. The van der Waals surface area contributed by atoms with Crippen molar-refractivity contribution in [3.05, 3.63) is 27.3 Å². The Labute approximate surface area is 97.8 Å². The van der Waals surface area contributed by atoms with Crippen molar-refractivity contribution < 1.29 is 9.53 Å². The largest absolute Gasteiger partial charge is 0.493 e. The van der Waals surface area contributed by atoms with Crippen molar-refractivity contribution in [3.63, 3.8) is 0 Å². The first-order valence-electron chi connectivity index (χ1n) is 4.56. The fourth-order valence-electron chi connectivity index (χ4n) is 1.15. The van der Waals surface area contributed by atoms with E-state index in [9.17, 15) is 4.79 Å². The number of halogens is 1. The van der Waals surface area contributed by atoms with Gasteiger partial charge in [-0.15, -0.1) is 0 Å². The molecule has 0 N–H and O–H groups in total. The zero-order chi connectivity index (χ0) is 10.6. The minimum absolute atomic E-state index is 0.0424. The molecule has 0 bridgehead atoms. The van der Waals surface area contributed by atoms with Crippen molar-refractivity contribution in [1.29, 1.82) is 0 Å². The highest BCUT2D eigenvalue weighted by molar-refractivity contribution is 14.1. The smallest absolute Gasteiger partial charge is 0.132 e. The average molecular weight is 304 g/mol. The zero-order valence-corrected chi connectivity index (χ0v) is 10.4. The van der Waals surface area contributed by atoms with E-state index in [1.54, 1.807) is 0 Å². The van der Waals surface area contributed by atoms with Crippen molar-refractivity contribution >= 4 is 28.9 Å². The topological polar surface area (TPSA) is 26.3 Å². The fraction of sp³-hybridized carbons (Fsp3) is 0.364. The highest BCUT2D eigenvalue weighted by Crippen LogP contribution is 2.25. The second-order valence-electron chi connectivity index (χ2n) is 3.05. The van der Waals surface area contributed by atoms with Crippen LogP contribution in [-0.4, -0.2) is 12.9 Å². The van der Waals surface area contributed by atoms with Gasteiger partial charge >= 0.3 is 0 Å². The van der Waals surface area contributed by atoms with Gasteiger partial charge < -0.3 is 9.53 Å². The third kappa shape index (κ3) is 2.70. The summed E-state index contributed by atoms with van der Waals surface area (Å²) in [5.74, 6) is 0.842. The first-order valence-corrected chi connectivity index (χ1v) is 5.64. The highest BCUT2D eigenvalue weighted by atomic mass is 127. The SMILES string of the molecule is CCOc1ccc(C(C)C=O)cc1I. The highest BCUT2D eigenvalue weighted by Gasteiger charge is 2.07. The summed E-state index contributed by atoms with van der Waals surface area (Å²) in [5, 5.41) is 0. The first-order chi connectivity index (χ1) is 6.69. The molecule has 0 aromatic heterocycles. The van der Waals surface area contributed by atoms with Gasteiger partial charge in [0.25, 0.3) is 0 Å². The quantitative estimate of drug-likeness (QED) is 0.631. The summed E-state index contributed by atoms with van der Waals surface area (Å²) in [6.07, 6.45) is 0.950. The van der Waals surface area contributed by atoms with E-state index >= 15 is 0 Å². The molecular weight excluding hydrogens is 291 g/mol. The van der Waals surface area contributed by atoms with Gasteiger partial charge in [-0.05, 0) is 47.2 Å². The number of carbonyl (C=O) groups excluding carboxylic acids is 1. The van der Waals surface area contributed by atoms with E-state index in [4.69, 9.17) is 4.74 Å². The Morgan fingerprint density at radius 3 is 2.79 bits per heavy atom. The third-order valence-electron chi connectivity index (χ3n) is 1.99. The molecule has 0 radical (unpaired) electrons. The van der Waals surface area contributed by atoms with Crippen molar-refractivity contribution in [3.8, 4) is 5.75 Å². The molecule has 3 heteroatoms. The Bertz CT molecular complexity index is 323. The summed E-state index contributed by atoms with van der Waals surface area (Å²) < 4.78 is 6.46. The Hall–Kier alpha value is -0.580. The lowest BCUT2D eigenvalue weighted by molar-refractivity contribution is -0.108. The summed E-state index contributed by atoms with van der Waals surface area (Å²) in [7, 11) is 0. The molecule has 1 aromatic rings.